The second kappa shape index (κ2) is 8.75. The summed E-state index contributed by atoms with van der Waals surface area (Å²) in [6.45, 7) is 3.22. The number of pyridine rings is 1. The average Bonchev–Trinajstić information content (AvgIpc) is 2.49. The number of rotatable bonds is 5. The lowest BCUT2D eigenvalue weighted by atomic mass is 10.2. The van der Waals surface area contributed by atoms with Crippen molar-refractivity contribution in [3.05, 3.63) is 22.3 Å². The van der Waals surface area contributed by atoms with Gasteiger partial charge in [0.05, 0.1) is 12.2 Å². The van der Waals surface area contributed by atoms with Crippen LogP contribution in [0.15, 0.2) is 16.7 Å². The van der Waals surface area contributed by atoms with E-state index in [0.717, 1.165) is 4.90 Å². The molecule has 4 N–H and O–H groups in total. The maximum absolute atomic E-state index is 12.2. The number of aliphatic hydroxyl groups excluding tert-OH is 1. The quantitative estimate of drug-likeness (QED) is 0.551. The number of carbonyl (C=O) groups excluding carboxylic acids is 1. The fourth-order valence-electron chi connectivity index (χ4n) is 1.59. The highest BCUT2D eigenvalue weighted by molar-refractivity contribution is 9.10. The molecular formula is C13H17BrN4O4S. The summed E-state index contributed by atoms with van der Waals surface area (Å²) in [6.07, 6.45) is 0.246. The molecular weight excluding hydrogens is 388 g/mol. The van der Waals surface area contributed by atoms with Crippen molar-refractivity contribution >= 4 is 51.1 Å². The highest BCUT2D eigenvalue weighted by atomic mass is 79.9. The molecule has 2 amide bonds. The van der Waals surface area contributed by atoms with E-state index < -0.39 is 18.0 Å². The van der Waals surface area contributed by atoms with Crippen LogP contribution in [0.4, 0.5) is 10.6 Å². The number of nitrogens with zero attached hydrogens (tertiary/aromatic N) is 2. The third kappa shape index (κ3) is 5.41. The summed E-state index contributed by atoms with van der Waals surface area (Å²) < 4.78 is 0.571. The van der Waals surface area contributed by atoms with Gasteiger partial charge in [-0.1, -0.05) is 0 Å². The number of aromatic nitrogens is 1. The van der Waals surface area contributed by atoms with Gasteiger partial charge in [0.25, 0.3) is 5.91 Å². The molecule has 1 aromatic heterocycles. The number of amides is 2. The van der Waals surface area contributed by atoms with Gasteiger partial charge in [0.1, 0.15) is 5.82 Å². The Labute approximate surface area is 147 Å². The van der Waals surface area contributed by atoms with Crippen LogP contribution in [0.2, 0.25) is 0 Å². The number of carboxylic acid groups (broad SMARTS) is 1. The normalized spacial score (nSPS) is 11.5. The van der Waals surface area contributed by atoms with Crippen molar-refractivity contribution in [3.8, 4) is 0 Å². The van der Waals surface area contributed by atoms with Gasteiger partial charge >= 0.3 is 6.09 Å². The SMILES string of the molecule is CCN(C(=O)O)C(=S)Nc1ncc(Br)cc1C(=O)NC(C)CO. The third-order valence-electron chi connectivity index (χ3n) is 2.77. The molecule has 0 aromatic carbocycles. The summed E-state index contributed by atoms with van der Waals surface area (Å²) in [5.74, 6) is -0.343. The summed E-state index contributed by atoms with van der Waals surface area (Å²) in [5, 5.41) is 23.2. The van der Waals surface area contributed by atoms with E-state index >= 15 is 0 Å². The summed E-state index contributed by atoms with van der Waals surface area (Å²) in [7, 11) is 0. The summed E-state index contributed by atoms with van der Waals surface area (Å²) in [4.78, 5) is 28.3. The van der Waals surface area contributed by atoms with E-state index in [2.05, 4.69) is 31.5 Å². The van der Waals surface area contributed by atoms with Gasteiger partial charge in [0, 0.05) is 23.3 Å². The zero-order chi connectivity index (χ0) is 17.6. The van der Waals surface area contributed by atoms with Gasteiger partial charge < -0.3 is 20.8 Å². The van der Waals surface area contributed by atoms with Crippen LogP contribution in [0.1, 0.15) is 24.2 Å². The highest BCUT2D eigenvalue weighted by Gasteiger charge is 2.20. The Morgan fingerprint density at radius 2 is 2.17 bits per heavy atom. The van der Waals surface area contributed by atoms with Gasteiger partial charge in [-0.15, -0.1) is 0 Å². The predicted octanol–water partition coefficient (Wildman–Crippen LogP) is 1.65. The Kier molecular flexibility index (Phi) is 7.33. The lowest BCUT2D eigenvalue weighted by Gasteiger charge is -2.20. The molecule has 8 nitrogen and oxygen atoms in total. The molecule has 126 valence electrons. The number of halogens is 1. The van der Waals surface area contributed by atoms with E-state index in [-0.39, 0.29) is 29.6 Å². The van der Waals surface area contributed by atoms with Crippen LogP contribution in [-0.2, 0) is 0 Å². The van der Waals surface area contributed by atoms with Crippen LogP contribution < -0.4 is 10.6 Å². The standard InChI is InChI=1S/C13H17BrN4O4S/c1-3-18(13(21)22)12(23)17-10-9(4-8(14)5-15-10)11(20)16-7(2)6-19/h4-5,7,19H,3,6H2,1-2H3,(H,16,20)(H,21,22)(H,15,17,23). The topological polar surface area (TPSA) is 115 Å². The fourth-order valence-corrected chi connectivity index (χ4v) is 2.23. The molecule has 1 atom stereocenters. The maximum atomic E-state index is 12.2. The van der Waals surface area contributed by atoms with Crippen molar-refractivity contribution in [1.82, 2.24) is 15.2 Å². The van der Waals surface area contributed by atoms with Crippen molar-refractivity contribution in [2.45, 2.75) is 19.9 Å². The predicted molar refractivity (Wildman–Crippen MR) is 92.6 cm³/mol. The summed E-state index contributed by atoms with van der Waals surface area (Å²) in [6, 6.07) is 1.08. The molecule has 0 spiro atoms. The number of hydrogen-bond donors (Lipinski definition) is 4. The molecule has 1 rings (SSSR count). The van der Waals surface area contributed by atoms with Gasteiger partial charge in [0.15, 0.2) is 5.11 Å². The Morgan fingerprint density at radius 1 is 1.52 bits per heavy atom. The Balaban J connectivity index is 3.05. The van der Waals surface area contributed by atoms with Crippen LogP contribution >= 0.6 is 28.1 Å². The second-order valence-corrected chi connectivity index (χ2v) is 5.87. The largest absolute Gasteiger partial charge is 0.465 e. The number of thiocarbonyl (C=S) groups is 1. The zero-order valence-electron chi connectivity index (χ0n) is 12.5. The van der Waals surface area contributed by atoms with Crippen LogP contribution in [0.5, 0.6) is 0 Å². The molecule has 0 aliphatic carbocycles. The van der Waals surface area contributed by atoms with E-state index in [1.807, 2.05) is 0 Å². The van der Waals surface area contributed by atoms with Crippen molar-refractivity contribution in [2.24, 2.45) is 0 Å². The monoisotopic (exact) mass is 404 g/mol. The number of carbonyl (C=O) groups is 2. The van der Waals surface area contributed by atoms with Gasteiger partial charge in [-0.3, -0.25) is 9.69 Å². The minimum atomic E-state index is -1.21. The molecule has 1 heterocycles. The number of aliphatic hydroxyl groups is 1. The molecule has 0 saturated carbocycles. The molecule has 0 aliphatic heterocycles. The molecule has 23 heavy (non-hydrogen) atoms. The van der Waals surface area contributed by atoms with Gasteiger partial charge in [-0.05, 0) is 48.1 Å². The average molecular weight is 405 g/mol. The summed E-state index contributed by atoms with van der Waals surface area (Å²) >= 11 is 8.26. The minimum absolute atomic E-state index is 0.0842. The van der Waals surface area contributed by atoms with Crippen LogP contribution in [0, 0.1) is 0 Å². The smallest absolute Gasteiger partial charge is 0.413 e. The van der Waals surface area contributed by atoms with Crippen molar-refractivity contribution < 1.29 is 19.8 Å². The highest BCUT2D eigenvalue weighted by Crippen LogP contribution is 2.19. The van der Waals surface area contributed by atoms with Crippen molar-refractivity contribution in [2.75, 3.05) is 18.5 Å². The van der Waals surface area contributed by atoms with Gasteiger partial charge in [-0.2, -0.15) is 0 Å². The molecule has 0 radical (unpaired) electrons. The molecule has 0 saturated heterocycles. The maximum Gasteiger partial charge on any atom is 0.413 e. The van der Waals surface area contributed by atoms with E-state index in [9.17, 15) is 9.59 Å². The first-order valence-electron chi connectivity index (χ1n) is 6.68. The molecule has 0 bridgehead atoms. The Bertz CT molecular complexity index is 614. The molecule has 1 aromatic rings. The minimum Gasteiger partial charge on any atom is -0.465 e. The van der Waals surface area contributed by atoms with Crippen molar-refractivity contribution in [3.63, 3.8) is 0 Å². The van der Waals surface area contributed by atoms with E-state index in [0.29, 0.717) is 4.47 Å². The van der Waals surface area contributed by atoms with Gasteiger partial charge in [0.2, 0.25) is 0 Å². The molecule has 1 unspecified atom stereocenters. The first kappa shape index (κ1) is 19.3. The van der Waals surface area contributed by atoms with Crippen LogP contribution in [-0.4, -0.2) is 56.4 Å². The first-order valence-corrected chi connectivity index (χ1v) is 7.89. The Hall–Kier alpha value is -1.78. The lowest BCUT2D eigenvalue weighted by Crippen LogP contribution is -2.40. The third-order valence-corrected chi connectivity index (χ3v) is 3.52. The number of anilines is 1. The lowest BCUT2D eigenvalue weighted by molar-refractivity contribution is 0.0923. The fraction of sp³-hybridized carbons (Fsp3) is 0.385. The molecule has 0 aliphatic rings. The molecule has 0 fully saturated rings. The molecule has 10 heteroatoms. The number of nitrogens with one attached hydrogen (secondary N) is 2. The van der Waals surface area contributed by atoms with E-state index in [1.165, 1.54) is 12.3 Å². The summed E-state index contributed by atoms with van der Waals surface area (Å²) in [5.41, 5.74) is 0.170. The first-order chi connectivity index (χ1) is 10.8. The van der Waals surface area contributed by atoms with Gasteiger partial charge in [-0.25, -0.2) is 9.78 Å². The Morgan fingerprint density at radius 3 is 2.70 bits per heavy atom. The second-order valence-electron chi connectivity index (χ2n) is 4.56. The zero-order valence-corrected chi connectivity index (χ0v) is 14.9. The van der Waals surface area contributed by atoms with E-state index in [4.69, 9.17) is 22.4 Å². The number of hydrogen-bond acceptors (Lipinski definition) is 5. The van der Waals surface area contributed by atoms with Crippen molar-refractivity contribution in [1.29, 1.82) is 0 Å². The van der Waals surface area contributed by atoms with E-state index in [1.54, 1.807) is 13.8 Å². The van der Waals surface area contributed by atoms with Crippen LogP contribution in [0.25, 0.3) is 0 Å². The van der Waals surface area contributed by atoms with Crippen LogP contribution in [0.3, 0.4) is 0 Å².